The van der Waals surface area contributed by atoms with Gasteiger partial charge in [0.25, 0.3) is 0 Å². The molecule has 0 atom stereocenters. The molecule has 1 aromatic heterocycles. The van der Waals surface area contributed by atoms with Crippen molar-refractivity contribution >= 4 is 13.5 Å². The molecule has 0 saturated carbocycles. The van der Waals surface area contributed by atoms with Gasteiger partial charge < -0.3 is 4.52 Å². The second kappa shape index (κ2) is 2.81. The van der Waals surface area contributed by atoms with Gasteiger partial charge in [-0.25, -0.2) is 0 Å². The summed E-state index contributed by atoms with van der Waals surface area (Å²) >= 11 is 0. The Balaban J connectivity index is 2.89. The highest BCUT2D eigenvalue weighted by molar-refractivity contribution is 6.87. The lowest BCUT2D eigenvalue weighted by Gasteiger charge is -2.08. The van der Waals surface area contributed by atoms with E-state index in [1.54, 1.807) is 0 Å². The second-order valence-corrected chi connectivity index (χ2v) is 8.78. The van der Waals surface area contributed by atoms with Gasteiger partial charge in [-0.05, 0) is 12.5 Å². The Bertz CT molecular complexity index is 236. The smallest absolute Gasteiger partial charge is 0.127 e. The Morgan fingerprint density at radius 1 is 1.45 bits per heavy atom. The summed E-state index contributed by atoms with van der Waals surface area (Å²) in [6, 6.07) is 2.09. The van der Waals surface area contributed by atoms with Crippen LogP contribution >= 0.6 is 0 Å². The van der Waals surface area contributed by atoms with Gasteiger partial charge in [0, 0.05) is 0 Å². The second-order valence-electron chi connectivity index (χ2n) is 3.79. The molecule has 62 valence electrons. The third-order valence-electron chi connectivity index (χ3n) is 1.66. The molecule has 0 spiro atoms. The quantitative estimate of drug-likeness (QED) is 0.631. The molecular weight excluding hydrogens is 154 g/mol. The lowest BCUT2D eigenvalue weighted by molar-refractivity contribution is 0.435. The Morgan fingerprint density at radius 3 is 2.36 bits per heavy atom. The monoisotopic (exact) mass is 169 g/mol. The van der Waals surface area contributed by atoms with Crippen molar-refractivity contribution in [1.29, 1.82) is 0 Å². The zero-order valence-electron chi connectivity index (χ0n) is 7.64. The third kappa shape index (κ3) is 1.93. The van der Waals surface area contributed by atoms with Crippen molar-refractivity contribution in [1.82, 2.24) is 5.16 Å². The summed E-state index contributed by atoms with van der Waals surface area (Å²) in [6.45, 7) is 8.86. The van der Waals surface area contributed by atoms with E-state index in [4.69, 9.17) is 4.52 Å². The molecule has 0 amide bonds. The highest BCUT2D eigenvalue weighted by atomic mass is 28.3. The maximum atomic E-state index is 5.23. The van der Waals surface area contributed by atoms with Gasteiger partial charge in [0.2, 0.25) is 0 Å². The largest absolute Gasteiger partial charge is 0.366 e. The highest BCUT2D eigenvalue weighted by Crippen LogP contribution is 2.03. The van der Waals surface area contributed by atoms with Crippen molar-refractivity contribution in [2.45, 2.75) is 33.0 Å². The molecule has 0 bridgehead atoms. The molecule has 0 radical (unpaired) electrons. The molecule has 0 fully saturated rings. The first-order valence-electron chi connectivity index (χ1n) is 4.00. The minimum absolute atomic E-state index is 0.966. The molecule has 1 heterocycles. The average Bonchev–Trinajstić information content (AvgIpc) is 2.32. The third-order valence-corrected chi connectivity index (χ3v) is 3.37. The number of hydrogen-bond donors (Lipinski definition) is 0. The minimum atomic E-state index is -1.26. The fraction of sp³-hybridized carbons (Fsp3) is 0.625. The normalized spacial score (nSPS) is 12.0. The zero-order chi connectivity index (χ0) is 8.48. The summed E-state index contributed by atoms with van der Waals surface area (Å²) in [4.78, 5) is 0. The van der Waals surface area contributed by atoms with Crippen LogP contribution in [0.2, 0.25) is 19.6 Å². The topological polar surface area (TPSA) is 26.0 Å². The van der Waals surface area contributed by atoms with Crippen LogP contribution in [0.5, 0.6) is 0 Å². The van der Waals surface area contributed by atoms with E-state index >= 15 is 0 Å². The van der Waals surface area contributed by atoms with Crippen molar-refractivity contribution in [3.8, 4) is 0 Å². The average molecular weight is 169 g/mol. The fourth-order valence-corrected chi connectivity index (χ4v) is 1.75. The summed E-state index contributed by atoms with van der Waals surface area (Å²) in [5.41, 5.74) is 1.07. The van der Waals surface area contributed by atoms with E-state index in [0.29, 0.717) is 0 Å². The highest BCUT2D eigenvalue weighted by Gasteiger charge is 2.21. The van der Waals surface area contributed by atoms with Gasteiger partial charge in [-0.3, -0.25) is 0 Å². The van der Waals surface area contributed by atoms with Crippen molar-refractivity contribution in [2.75, 3.05) is 0 Å². The zero-order valence-corrected chi connectivity index (χ0v) is 8.64. The molecule has 0 saturated heterocycles. The first-order valence-corrected chi connectivity index (χ1v) is 7.50. The van der Waals surface area contributed by atoms with Gasteiger partial charge in [0.15, 0.2) is 0 Å². The summed E-state index contributed by atoms with van der Waals surface area (Å²) in [6.07, 6.45) is 0.966. The molecule has 0 aliphatic rings. The first-order chi connectivity index (χ1) is 5.04. The maximum absolute atomic E-state index is 5.23. The van der Waals surface area contributed by atoms with E-state index in [0.717, 1.165) is 17.5 Å². The lowest BCUT2D eigenvalue weighted by Crippen LogP contribution is -2.36. The number of hydrogen-bond acceptors (Lipinski definition) is 2. The SMILES string of the molecule is CCc1cc([Si](C)(C)C)on1. The predicted octanol–water partition coefficient (Wildman–Crippen LogP) is 1.78. The molecule has 2 nitrogen and oxygen atoms in total. The van der Waals surface area contributed by atoms with E-state index in [1.165, 1.54) is 0 Å². The standard InChI is InChI=1S/C8H15NOSi/c1-5-7-6-8(10-9-7)11(2,3)4/h6H,5H2,1-4H3. The van der Waals surface area contributed by atoms with Gasteiger partial charge in [0.1, 0.15) is 13.5 Å². The lowest BCUT2D eigenvalue weighted by atomic mass is 10.3. The Labute approximate surface area is 68.6 Å². The molecule has 0 N–H and O–H groups in total. The molecule has 3 heteroatoms. The summed E-state index contributed by atoms with van der Waals surface area (Å²) < 4.78 is 5.23. The molecule has 0 aliphatic carbocycles. The number of nitrogens with zero attached hydrogens (tertiary/aromatic N) is 1. The predicted molar refractivity (Wildman–Crippen MR) is 48.9 cm³/mol. The Kier molecular flexibility index (Phi) is 2.18. The number of rotatable bonds is 2. The molecule has 0 aliphatic heterocycles. The van der Waals surface area contributed by atoms with Gasteiger partial charge >= 0.3 is 0 Å². The van der Waals surface area contributed by atoms with Crippen LogP contribution in [0.1, 0.15) is 12.6 Å². The number of aromatic nitrogens is 1. The van der Waals surface area contributed by atoms with Crippen LogP contribution in [0, 0.1) is 0 Å². The van der Waals surface area contributed by atoms with Crippen LogP contribution in [-0.4, -0.2) is 13.2 Å². The van der Waals surface area contributed by atoms with E-state index in [9.17, 15) is 0 Å². The number of aryl methyl sites for hydroxylation is 1. The maximum Gasteiger partial charge on any atom is 0.127 e. The molecule has 11 heavy (non-hydrogen) atoms. The summed E-state index contributed by atoms with van der Waals surface area (Å²) in [7, 11) is -1.26. The van der Waals surface area contributed by atoms with Crippen LogP contribution < -0.4 is 5.38 Å². The molecule has 0 aromatic carbocycles. The van der Waals surface area contributed by atoms with Crippen LogP contribution in [0.15, 0.2) is 10.6 Å². The van der Waals surface area contributed by atoms with Crippen molar-refractivity contribution in [3.05, 3.63) is 11.8 Å². The first kappa shape index (κ1) is 8.52. The molecule has 1 aromatic rings. The minimum Gasteiger partial charge on any atom is -0.366 e. The van der Waals surface area contributed by atoms with Crippen molar-refractivity contribution in [3.63, 3.8) is 0 Å². The summed E-state index contributed by atoms with van der Waals surface area (Å²) in [5.74, 6) is 0. The van der Waals surface area contributed by atoms with E-state index in [-0.39, 0.29) is 0 Å². The Hall–Kier alpha value is -0.573. The molecule has 1 rings (SSSR count). The van der Waals surface area contributed by atoms with Crippen molar-refractivity contribution < 1.29 is 4.52 Å². The summed E-state index contributed by atoms with van der Waals surface area (Å²) in [5, 5.41) is 5.07. The fourth-order valence-electron chi connectivity index (χ4n) is 0.832. The van der Waals surface area contributed by atoms with Gasteiger partial charge in [-0.1, -0.05) is 31.7 Å². The Morgan fingerprint density at radius 2 is 2.09 bits per heavy atom. The van der Waals surface area contributed by atoms with Crippen LogP contribution in [0.25, 0.3) is 0 Å². The van der Waals surface area contributed by atoms with Crippen LogP contribution in [0.3, 0.4) is 0 Å². The van der Waals surface area contributed by atoms with Crippen molar-refractivity contribution in [2.24, 2.45) is 0 Å². The van der Waals surface area contributed by atoms with E-state index in [2.05, 4.69) is 37.8 Å². The van der Waals surface area contributed by atoms with Gasteiger partial charge in [0.05, 0.1) is 5.69 Å². The van der Waals surface area contributed by atoms with Gasteiger partial charge in [-0.2, -0.15) is 0 Å². The van der Waals surface area contributed by atoms with Crippen LogP contribution in [-0.2, 0) is 6.42 Å². The molecular formula is C8H15NOSi. The van der Waals surface area contributed by atoms with Gasteiger partial charge in [-0.15, -0.1) is 0 Å². The molecule has 0 unspecified atom stereocenters. The van der Waals surface area contributed by atoms with Crippen LogP contribution in [0.4, 0.5) is 0 Å². The van der Waals surface area contributed by atoms with E-state index < -0.39 is 8.07 Å². The van der Waals surface area contributed by atoms with E-state index in [1.807, 2.05) is 0 Å².